The second-order valence-corrected chi connectivity index (χ2v) is 5.78. The summed E-state index contributed by atoms with van der Waals surface area (Å²) in [5, 5.41) is 3.79. The van der Waals surface area contributed by atoms with Gasteiger partial charge in [-0.05, 0) is 44.1 Å². The van der Waals surface area contributed by atoms with E-state index < -0.39 is 0 Å². The second-order valence-electron chi connectivity index (χ2n) is 5.78. The highest BCUT2D eigenvalue weighted by atomic mass is 16.5. The van der Waals surface area contributed by atoms with Crippen molar-refractivity contribution in [1.29, 1.82) is 0 Å². The zero-order valence-corrected chi connectivity index (χ0v) is 11.4. The number of nitrogens with one attached hydrogen (secondary N) is 1. The Morgan fingerprint density at radius 2 is 1.53 bits per heavy atom. The van der Waals surface area contributed by atoms with Gasteiger partial charge in [0.1, 0.15) is 0 Å². The first kappa shape index (κ1) is 13.4. The van der Waals surface area contributed by atoms with E-state index in [1.165, 1.54) is 51.4 Å². The fourth-order valence-electron chi connectivity index (χ4n) is 3.70. The van der Waals surface area contributed by atoms with Crippen LogP contribution in [-0.2, 0) is 4.74 Å². The normalized spacial score (nSPS) is 26.6. The van der Waals surface area contributed by atoms with Crippen molar-refractivity contribution in [3.8, 4) is 0 Å². The lowest BCUT2D eigenvalue weighted by atomic mass is 9.80. The Kier molecular flexibility index (Phi) is 5.79. The van der Waals surface area contributed by atoms with Gasteiger partial charge in [-0.1, -0.05) is 32.6 Å². The van der Waals surface area contributed by atoms with Crippen molar-refractivity contribution in [2.75, 3.05) is 19.8 Å². The molecule has 2 nitrogen and oxygen atoms in total. The lowest BCUT2D eigenvalue weighted by molar-refractivity contribution is 0.0431. The van der Waals surface area contributed by atoms with Crippen LogP contribution < -0.4 is 5.32 Å². The molecule has 1 saturated carbocycles. The van der Waals surface area contributed by atoms with E-state index in [1.54, 1.807) is 0 Å². The van der Waals surface area contributed by atoms with Crippen molar-refractivity contribution in [2.45, 2.75) is 64.3 Å². The van der Waals surface area contributed by atoms with E-state index >= 15 is 0 Å². The van der Waals surface area contributed by atoms with Crippen molar-refractivity contribution < 1.29 is 4.74 Å². The molecule has 17 heavy (non-hydrogen) atoms. The average molecular weight is 239 g/mol. The first-order valence-electron chi connectivity index (χ1n) is 7.73. The summed E-state index contributed by atoms with van der Waals surface area (Å²) in [5.74, 6) is 1.80. The van der Waals surface area contributed by atoms with Crippen LogP contribution >= 0.6 is 0 Å². The maximum Gasteiger partial charge on any atom is 0.0469 e. The van der Waals surface area contributed by atoms with Gasteiger partial charge in [0.05, 0.1) is 0 Å². The lowest BCUT2D eigenvalue weighted by Crippen LogP contribution is -2.44. The molecule has 0 bridgehead atoms. The van der Waals surface area contributed by atoms with Gasteiger partial charge in [0.15, 0.2) is 0 Å². The van der Waals surface area contributed by atoms with E-state index in [-0.39, 0.29) is 0 Å². The summed E-state index contributed by atoms with van der Waals surface area (Å²) in [5.41, 5.74) is 0. The number of hydrogen-bond acceptors (Lipinski definition) is 2. The molecule has 0 aromatic carbocycles. The molecule has 1 aliphatic carbocycles. The molecule has 0 aromatic rings. The van der Waals surface area contributed by atoms with Gasteiger partial charge in [-0.15, -0.1) is 0 Å². The lowest BCUT2D eigenvalue weighted by Gasteiger charge is -2.36. The van der Waals surface area contributed by atoms with Crippen molar-refractivity contribution in [3.63, 3.8) is 0 Å². The first-order valence-corrected chi connectivity index (χ1v) is 7.73. The minimum absolute atomic E-state index is 0.766. The van der Waals surface area contributed by atoms with Crippen molar-refractivity contribution in [1.82, 2.24) is 5.32 Å². The van der Waals surface area contributed by atoms with Crippen molar-refractivity contribution >= 4 is 0 Å². The highest BCUT2D eigenvalue weighted by Gasteiger charge is 2.30. The number of hydrogen-bond donors (Lipinski definition) is 1. The molecule has 0 aromatic heterocycles. The number of rotatable bonds is 4. The molecule has 1 N–H and O–H groups in total. The molecule has 1 atom stereocenters. The van der Waals surface area contributed by atoms with E-state index in [4.69, 9.17) is 4.74 Å². The Hall–Kier alpha value is -0.0800. The quantitative estimate of drug-likeness (QED) is 0.760. The van der Waals surface area contributed by atoms with Crippen LogP contribution in [0.5, 0.6) is 0 Å². The predicted molar refractivity (Wildman–Crippen MR) is 72.2 cm³/mol. The molecule has 0 radical (unpaired) electrons. The highest BCUT2D eigenvalue weighted by Crippen LogP contribution is 2.32. The van der Waals surface area contributed by atoms with E-state index in [2.05, 4.69) is 12.2 Å². The van der Waals surface area contributed by atoms with Crippen LogP contribution in [0.25, 0.3) is 0 Å². The SMILES string of the molecule is CCNC(C1CCCCCC1)C1CCOCC1. The Morgan fingerprint density at radius 3 is 2.12 bits per heavy atom. The molecule has 1 aliphatic heterocycles. The zero-order chi connectivity index (χ0) is 11.9. The third-order valence-electron chi connectivity index (χ3n) is 4.62. The van der Waals surface area contributed by atoms with Gasteiger partial charge >= 0.3 is 0 Å². The summed E-state index contributed by atoms with van der Waals surface area (Å²) in [6, 6.07) is 0.766. The summed E-state index contributed by atoms with van der Waals surface area (Å²) in [7, 11) is 0. The summed E-state index contributed by atoms with van der Waals surface area (Å²) >= 11 is 0. The molecule has 0 amide bonds. The minimum Gasteiger partial charge on any atom is -0.381 e. The van der Waals surface area contributed by atoms with Gasteiger partial charge in [0.25, 0.3) is 0 Å². The highest BCUT2D eigenvalue weighted by molar-refractivity contribution is 4.85. The third-order valence-corrected chi connectivity index (χ3v) is 4.62. The van der Waals surface area contributed by atoms with E-state index in [1.807, 2.05) is 0 Å². The molecule has 1 saturated heterocycles. The number of ether oxygens (including phenoxy) is 1. The molecule has 100 valence electrons. The van der Waals surface area contributed by atoms with Gasteiger partial charge in [0, 0.05) is 19.3 Å². The molecular weight excluding hydrogens is 210 g/mol. The fraction of sp³-hybridized carbons (Fsp3) is 1.00. The van der Waals surface area contributed by atoms with Crippen LogP contribution in [0.4, 0.5) is 0 Å². The van der Waals surface area contributed by atoms with Gasteiger partial charge in [-0.25, -0.2) is 0 Å². The first-order chi connectivity index (χ1) is 8.42. The standard InChI is InChI=1S/C15H29NO/c1-2-16-15(14-9-11-17-12-10-14)13-7-5-3-4-6-8-13/h13-16H,2-12H2,1H3. The van der Waals surface area contributed by atoms with Gasteiger partial charge in [-0.2, -0.15) is 0 Å². The van der Waals surface area contributed by atoms with Crippen LogP contribution in [0.1, 0.15) is 58.3 Å². The summed E-state index contributed by atoms with van der Waals surface area (Å²) < 4.78 is 5.51. The Labute approximate surface area is 107 Å². The smallest absolute Gasteiger partial charge is 0.0469 e. The maximum absolute atomic E-state index is 5.51. The minimum atomic E-state index is 0.766. The maximum atomic E-state index is 5.51. The van der Waals surface area contributed by atoms with Crippen LogP contribution in [0.15, 0.2) is 0 Å². The van der Waals surface area contributed by atoms with E-state index in [0.29, 0.717) is 0 Å². The van der Waals surface area contributed by atoms with Crippen molar-refractivity contribution in [2.24, 2.45) is 11.8 Å². The summed E-state index contributed by atoms with van der Waals surface area (Å²) in [6.07, 6.45) is 11.3. The van der Waals surface area contributed by atoms with E-state index in [9.17, 15) is 0 Å². The van der Waals surface area contributed by atoms with Crippen molar-refractivity contribution in [3.05, 3.63) is 0 Å². The topological polar surface area (TPSA) is 21.3 Å². The predicted octanol–water partition coefficient (Wildman–Crippen LogP) is 3.36. The summed E-state index contributed by atoms with van der Waals surface area (Å²) in [6.45, 7) is 5.35. The molecule has 1 unspecified atom stereocenters. The molecule has 2 aliphatic rings. The second kappa shape index (κ2) is 7.38. The van der Waals surface area contributed by atoms with Crippen LogP contribution in [0, 0.1) is 11.8 Å². The molecule has 1 heterocycles. The van der Waals surface area contributed by atoms with E-state index in [0.717, 1.165) is 37.6 Å². The van der Waals surface area contributed by atoms with Crippen LogP contribution in [0.3, 0.4) is 0 Å². The Morgan fingerprint density at radius 1 is 0.941 bits per heavy atom. The zero-order valence-electron chi connectivity index (χ0n) is 11.4. The monoisotopic (exact) mass is 239 g/mol. The average Bonchev–Trinajstić information content (AvgIpc) is 2.66. The summed E-state index contributed by atoms with van der Waals surface area (Å²) in [4.78, 5) is 0. The van der Waals surface area contributed by atoms with Gasteiger partial charge < -0.3 is 10.1 Å². The Bertz CT molecular complexity index is 193. The largest absolute Gasteiger partial charge is 0.381 e. The van der Waals surface area contributed by atoms with Gasteiger partial charge in [-0.3, -0.25) is 0 Å². The molecule has 0 spiro atoms. The molecule has 2 fully saturated rings. The van der Waals surface area contributed by atoms with Crippen LogP contribution in [0.2, 0.25) is 0 Å². The molecule has 2 rings (SSSR count). The van der Waals surface area contributed by atoms with Gasteiger partial charge in [0.2, 0.25) is 0 Å². The molecular formula is C15H29NO. The Balaban J connectivity index is 1.93. The van der Waals surface area contributed by atoms with Crippen LogP contribution in [-0.4, -0.2) is 25.8 Å². The third kappa shape index (κ3) is 3.96. The molecule has 2 heteroatoms. The fourth-order valence-corrected chi connectivity index (χ4v) is 3.70.